The predicted octanol–water partition coefficient (Wildman–Crippen LogP) is 4.32. The van der Waals surface area contributed by atoms with Gasteiger partial charge in [-0.3, -0.25) is 19.3 Å². The zero-order valence-electron chi connectivity index (χ0n) is 32.6. The standard InChI is InChI=1S/C42H51F2N9O4/c1-2-32-34(44)6-5-27-17-31(54)19-37(38(27)32)50-12-7-33-36(23-50)45-41(57-26-42-8-3-10-52(42)21-28(43)20-42)46-39(33)51-9-4-11-53-29(22-51)18-35(47-53)40(55)49-15-13-48(14-16-49)30-24-56-25-30/h5-6,17-19,28,30,54H,2-4,7-16,20-26H2,1H3/t28-,42+/m1/s1. The van der Waals surface area contributed by atoms with Gasteiger partial charge in [-0.2, -0.15) is 15.1 Å². The number of nitrogens with zero attached hydrogens (tertiary/aromatic N) is 9. The highest BCUT2D eigenvalue weighted by Crippen LogP contribution is 2.42. The van der Waals surface area contributed by atoms with Crippen molar-refractivity contribution in [2.75, 3.05) is 82.0 Å². The number of rotatable bonds is 8. The second-order valence-electron chi connectivity index (χ2n) is 16.8. The highest BCUT2D eigenvalue weighted by Gasteiger charge is 2.49. The molecule has 57 heavy (non-hydrogen) atoms. The first-order valence-corrected chi connectivity index (χ1v) is 20.8. The van der Waals surface area contributed by atoms with Crippen LogP contribution in [0.2, 0.25) is 0 Å². The third-order valence-corrected chi connectivity index (χ3v) is 13.4. The van der Waals surface area contributed by atoms with Crippen LogP contribution < -0.4 is 14.5 Å². The molecule has 1 amide bonds. The van der Waals surface area contributed by atoms with Gasteiger partial charge in [-0.25, -0.2) is 8.78 Å². The number of phenols is 1. The zero-order chi connectivity index (χ0) is 38.8. The lowest BCUT2D eigenvalue weighted by Crippen LogP contribution is -2.57. The summed E-state index contributed by atoms with van der Waals surface area (Å²) in [7, 11) is 0. The number of amides is 1. The highest BCUT2D eigenvalue weighted by molar-refractivity contribution is 5.98. The summed E-state index contributed by atoms with van der Waals surface area (Å²) in [6.45, 7) is 11.1. The fourth-order valence-electron chi connectivity index (χ4n) is 10.3. The molecule has 10 rings (SSSR count). The summed E-state index contributed by atoms with van der Waals surface area (Å²) in [6.07, 6.45) is 3.41. The Morgan fingerprint density at radius 1 is 1.00 bits per heavy atom. The summed E-state index contributed by atoms with van der Waals surface area (Å²) in [5.41, 5.74) is 4.29. The van der Waals surface area contributed by atoms with E-state index in [2.05, 4.69) is 19.6 Å². The number of hydrogen-bond acceptors (Lipinski definition) is 11. The number of carbonyl (C=O) groups excluding carboxylic acids is 1. The van der Waals surface area contributed by atoms with Gasteiger partial charge in [0.05, 0.1) is 49.3 Å². The number of fused-ring (bicyclic) bond motifs is 4. The van der Waals surface area contributed by atoms with Crippen LogP contribution in [0.1, 0.15) is 65.6 Å². The molecule has 0 bridgehead atoms. The van der Waals surface area contributed by atoms with Crippen LogP contribution in [0.3, 0.4) is 0 Å². The van der Waals surface area contributed by atoms with Crippen molar-refractivity contribution in [2.45, 2.75) is 82.8 Å². The van der Waals surface area contributed by atoms with E-state index in [1.54, 1.807) is 18.2 Å². The van der Waals surface area contributed by atoms with Crippen molar-refractivity contribution in [3.63, 3.8) is 0 Å². The molecule has 302 valence electrons. The van der Waals surface area contributed by atoms with Crippen LogP contribution in [0.15, 0.2) is 30.3 Å². The largest absolute Gasteiger partial charge is 0.508 e. The number of piperazine rings is 1. The molecule has 0 unspecified atom stereocenters. The smallest absolute Gasteiger partial charge is 0.318 e. The fourth-order valence-corrected chi connectivity index (χ4v) is 10.3. The molecule has 4 saturated heterocycles. The Morgan fingerprint density at radius 3 is 2.67 bits per heavy atom. The van der Waals surface area contributed by atoms with E-state index in [1.807, 2.05) is 22.6 Å². The zero-order valence-corrected chi connectivity index (χ0v) is 32.6. The molecule has 4 fully saturated rings. The van der Waals surface area contributed by atoms with E-state index in [0.29, 0.717) is 89.0 Å². The summed E-state index contributed by atoms with van der Waals surface area (Å²) < 4.78 is 43.8. The quantitative estimate of drug-likeness (QED) is 0.276. The molecular formula is C42H51F2N9O4. The number of halogens is 2. The van der Waals surface area contributed by atoms with Gasteiger partial charge in [0.25, 0.3) is 5.91 Å². The van der Waals surface area contributed by atoms with Gasteiger partial charge in [0, 0.05) is 81.5 Å². The molecule has 4 aromatic rings. The minimum Gasteiger partial charge on any atom is -0.508 e. The molecule has 0 radical (unpaired) electrons. The lowest BCUT2D eigenvalue weighted by atomic mass is 9.95. The van der Waals surface area contributed by atoms with Gasteiger partial charge in [-0.05, 0) is 67.8 Å². The SMILES string of the molecule is CCc1c(F)ccc2cc(O)cc(N3CCc4c(nc(OC[C@@]56CCCN5C[C@H](F)C6)nc4N4CCCn5nc(C(=O)N6CCN(C7COC7)CC6)cc5C4)C3)c12. The van der Waals surface area contributed by atoms with E-state index in [9.17, 15) is 14.3 Å². The lowest BCUT2D eigenvalue weighted by Gasteiger charge is -2.42. The summed E-state index contributed by atoms with van der Waals surface area (Å²) in [5, 5.41) is 17.2. The molecule has 6 aliphatic rings. The normalized spacial score (nSPS) is 24.3. The van der Waals surface area contributed by atoms with Gasteiger partial charge in [0.15, 0.2) is 5.69 Å². The number of phenolic OH excluding ortho intramolecular Hbond substituents is 1. The van der Waals surface area contributed by atoms with Gasteiger partial charge in [0.2, 0.25) is 0 Å². The van der Waals surface area contributed by atoms with Gasteiger partial charge >= 0.3 is 6.01 Å². The van der Waals surface area contributed by atoms with E-state index in [1.165, 1.54) is 6.07 Å². The van der Waals surface area contributed by atoms with Crippen LogP contribution in [0.4, 0.5) is 20.3 Å². The summed E-state index contributed by atoms with van der Waals surface area (Å²) in [5.74, 6) is 0.627. The van der Waals surface area contributed by atoms with E-state index in [4.69, 9.17) is 24.5 Å². The number of ether oxygens (including phenoxy) is 2. The molecule has 6 aliphatic heterocycles. The number of anilines is 2. The van der Waals surface area contributed by atoms with E-state index in [0.717, 1.165) is 97.9 Å². The van der Waals surface area contributed by atoms with Crippen LogP contribution in [0.25, 0.3) is 10.8 Å². The van der Waals surface area contributed by atoms with Crippen molar-refractivity contribution in [1.82, 2.24) is 34.4 Å². The predicted molar refractivity (Wildman–Crippen MR) is 210 cm³/mol. The molecule has 8 heterocycles. The summed E-state index contributed by atoms with van der Waals surface area (Å²) in [6, 6.07) is 9.28. The number of benzene rings is 2. The van der Waals surface area contributed by atoms with Crippen molar-refractivity contribution in [3.8, 4) is 11.8 Å². The van der Waals surface area contributed by atoms with Crippen molar-refractivity contribution in [3.05, 3.63) is 64.4 Å². The Morgan fingerprint density at radius 2 is 1.86 bits per heavy atom. The summed E-state index contributed by atoms with van der Waals surface area (Å²) >= 11 is 0. The number of carbonyl (C=O) groups is 1. The Kier molecular flexibility index (Phi) is 9.44. The number of aromatic hydroxyl groups is 1. The molecule has 1 N–H and O–H groups in total. The molecule has 0 spiro atoms. The molecule has 2 aromatic carbocycles. The Balaban J connectivity index is 0.958. The molecule has 0 aliphatic carbocycles. The van der Waals surface area contributed by atoms with Gasteiger partial charge in [0.1, 0.15) is 30.2 Å². The van der Waals surface area contributed by atoms with E-state index < -0.39 is 6.17 Å². The van der Waals surface area contributed by atoms with Crippen LogP contribution >= 0.6 is 0 Å². The van der Waals surface area contributed by atoms with Crippen LogP contribution in [-0.4, -0.2) is 135 Å². The monoisotopic (exact) mass is 783 g/mol. The van der Waals surface area contributed by atoms with Crippen molar-refractivity contribution in [2.24, 2.45) is 0 Å². The number of hydrogen-bond donors (Lipinski definition) is 1. The Bertz CT molecular complexity index is 2190. The first kappa shape index (κ1) is 36.7. The second-order valence-corrected chi connectivity index (χ2v) is 16.8. The van der Waals surface area contributed by atoms with Crippen LogP contribution in [0.5, 0.6) is 11.8 Å². The van der Waals surface area contributed by atoms with Crippen molar-refractivity contribution < 1.29 is 28.2 Å². The Labute approximate surface area is 331 Å². The third kappa shape index (κ3) is 6.64. The average Bonchev–Trinajstić information content (AvgIpc) is 3.82. The van der Waals surface area contributed by atoms with Gasteiger partial charge in [-0.15, -0.1) is 0 Å². The van der Waals surface area contributed by atoms with Gasteiger partial charge < -0.3 is 29.3 Å². The van der Waals surface area contributed by atoms with Crippen molar-refractivity contribution >= 4 is 28.2 Å². The molecule has 2 atom stereocenters. The molecule has 2 aromatic heterocycles. The minimum absolute atomic E-state index is 0.0322. The maximum atomic E-state index is 15.2. The third-order valence-electron chi connectivity index (χ3n) is 13.4. The maximum Gasteiger partial charge on any atom is 0.318 e. The van der Waals surface area contributed by atoms with Gasteiger partial charge in [-0.1, -0.05) is 13.0 Å². The topological polar surface area (TPSA) is 116 Å². The first-order chi connectivity index (χ1) is 27.7. The fraction of sp³-hybridized carbons (Fsp3) is 0.571. The molecule has 13 nitrogen and oxygen atoms in total. The van der Waals surface area contributed by atoms with Crippen LogP contribution in [0, 0.1) is 5.82 Å². The first-order valence-electron chi connectivity index (χ1n) is 20.8. The number of aryl methyl sites for hydroxylation is 2. The maximum absolute atomic E-state index is 15.2. The molecule has 15 heteroatoms. The Hall–Kier alpha value is -4.60. The average molecular weight is 784 g/mol. The van der Waals surface area contributed by atoms with E-state index >= 15 is 4.39 Å². The molecular weight excluding hydrogens is 733 g/mol. The number of aromatic nitrogens is 4. The lowest BCUT2D eigenvalue weighted by molar-refractivity contribution is -0.0746. The van der Waals surface area contributed by atoms with Crippen molar-refractivity contribution in [1.29, 1.82) is 0 Å². The minimum atomic E-state index is -0.872. The summed E-state index contributed by atoms with van der Waals surface area (Å²) in [4.78, 5) is 34.9. The van der Waals surface area contributed by atoms with Crippen LogP contribution in [-0.2, 0) is 37.2 Å². The van der Waals surface area contributed by atoms with E-state index in [-0.39, 0.29) is 29.0 Å². The molecule has 0 saturated carbocycles. The number of alkyl halides is 1. The second kappa shape index (κ2) is 14.7. The highest BCUT2D eigenvalue weighted by atomic mass is 19.1.